The molecule has 2 N–H and O–H groups in total. The maximum atomic E-state index is 4.02. The van der Waals surface area contributed by atoms with Crippen molar-refractivity contribution in [1.29, 1.82) is 0 Å². The molecule has 0 atom stereocenters. The molecule has 1 aromatic rings. The Morgan fingerprint density at radius 2 is 2.30 bits per heavy atom. The van der Waals surface area contributed by atoms with Gasteiger partial charge in [0.1, 0.15) is 5.82 Å². The highest BCUT2D eigenvalue weighted by molar-refractivity contribution is 5.65. The smallest absolute Gasteiger partial charge is 0.150 e. The van der Waals surface area contributed by atoms with Gasteiger partial charge in [-0.3, -0.25) is 0 Å². The molecule has 10 heavy (non-hydrogen) atoms. The van der Waals surface area contributed by atoms with E-state index in [9.17, 15) is 0 Å². The first-order valence-corrected chi connectivity index (χ1v) is 3.32. The van der Waals surface area contributed by atoms with Gasteiger partial charge in [-0.05, 0) is 12.1 Å². The van der Waals surface area contributed by atoms with Crippen molar-refractivity contribution in [3.05, 3.63) is 18.3 Å². The molecule has 0 spiro atoms. The molecule has 3 nitrogen and oxygen atoms in total. The van der Waals surface area contributed by atoms with Crippen molar-refractivity contribution in [3.8, 4) is 0 Å². The van der Waals surface area contributed by atoms with Crippen molar-refractivity contribution in [2.75, 3.05) is 23.7 Å². The van der Waals surface area contributed by atoms with Gasteiger partial charge in [0.05, 0.1) is 11.9 Å². The molecule has 0 fully saturated rings. The third kappa shape index (κ3) is 0.795. The molecule has 0 aliphatic carbocycles. The summed E-state index contributed by atoms with van der Waals surface area (Å²) in [5.74, 6) is 0.911. The molecule has 1 aliphatic heterocycles. The molecule has 0 saturated heterocycles. The summed E-state index contributed by atoms with van der Waals surface area (Å²) in [7, 11) is 0. The van der Waals surface area contributed by atoms with E-state index < -0.39 is 0 Å². The van der Waals surface area contributed by atoms with E-state index in [1.54, 1.807) is 6.07 Å². The third-order valence-electron chi connectivity index (χ3n) is 1.49. The molecule has 1 aromatic heterocycles. The highest BCUT2D eigenvalue weighted by atomic mass is 15.1. The van der Waals surface area contributed by atoms with Gasteiger partial charge in [-0.1, -0.05) is 0 Å². The van der Waals surface area contributed by atoms with Crippen molar-refractivity contribution in [3.63, 3.8) is 0 Å². The highest BCUT2D eigenvalue weighted by Crippen LogP contribution is 2.18. The summed E-state index contributed by atoms with van der Waals surface area (Å²) in [5.41, 5.74) is 1.07. The lowest BCUT2D eigenvalue weighted by Gasteiger charge is -2.17. The Kier molecular flexibility index (Phi) is 1.20. The van der Waals surface area contributed by atoms with Crippen LogP contribution in [0, 0.1) is 6.20 Å². The number of rotatable bonds is 0. The lowest BCUT2D eigenvalue weighted by Crippen LogP contribution is -2.21. The Hall–Kier alpha value is -1.25. The average molecular weight is 134 g/mol. The normalized spacial score (nSPS) is 14.8. The Balaban J connectivity index is 2.41. The molecule has 0 bridgehead atoms. The lowest BCUT2D eigenvalue weighted by molar-refractivity contribution is 1.02. The number of fused-ring (bicyclic) bond motifs is 1. The fourth-order valence-corrected chi connectivity index (χ4v) is 1.02. The minimum absolute atomic E-state index is 0.911. The Morgan fingerprint density at radius 3 is 3.20 bits per heavy atom. The van der Waals surface area contributed by atoms with Crippen molar-refractivity contribution in [2.45, 2.75) is 0 Å². The Bertz CT molecular complexity index is 209. The number of nitrogens with zero attached hydrogens (tertiary/aromatic N) is 1. The van der Waals surface area contributed by atoms with E-state index in [1.165, 1.54) is 0 Å². The number of nitrogens with one attached hydrogen (secondary N) is 2. The van der Waals surface area contributed by atoms with Crippen LogP contribution in [0.1, 0.15) is 0 Å². The summed E-state index contributed by atoms with van der Waals surface area (Å²) in [6.45, 7) is 1.91. The van der Waals surface area contributed by atoms with Gasteiger partial charge in [0, 0.05) is 13.1 Å². The van der Waals surface area contributed by atoms with E-state index >= 15 is 0 Å². The largest absolute Gasteiger partial charge is 0.380 e. The van der Waals surface area contributed by atoms with Crippen LogP contribution in [0.2, 0.25) is 0 Å². The fraction of sp³-hybridized carbons (Fsp3) is 0.286. The summed E-state index contributed by atoms with van der Waals surface area (Å²) >= 11 is 0. The average Bonchev–Trinajstić information content (AvgIpc) is 2.05. The summed E-state index contributed by atoms with van der Waals surface area (Å²) < 4.78 is 0. The van der Waals surface area contributed by atoms with Crippen molar-refractivity contribution >= 4 is 11.5 Å². The van der Waals surface area contributed by atoms with Crippen LogP contribution in [0.5, 0.6) is 0 Å². The summed E-state index contributed by atoms with van der Waals surface area (Å²) in [6, 6.07) is 3.77. The zero-order valence-corrected chi connectivity index (χ0v) is 5.52. The first kappa shape index (κ1) is 5.53. The molecule has 0 unspecified atom stereocenters. The van der Waals surface area contributed by atoms with Gasteiger partial charge in [0.25, 0.3) is 0 Å². The van der Waals surface area contributed by atoms with E-state index in [0.717, 1.165) is 24.6 Å². The van der Waals surface area contributed by atoms with Crippen LogP contribution in [0.25, 0.3) is 0 Å². The molecule has 51 valence electrons. The van der Waals surface area contributed by atoms with Gasteiger partial charge >= 0.3 is 0 Å². The molecule has 0 aromatic carbocycles. The summed E-state index contributed by atoms with van der Waals surface area (Å²) in [5, 5.41) is 6.38. The molecular formula is C7H8N3. The second kappa shape index (κ2) is 2.17. The maximum absolute atomic E-state index is 4.02. The molecular weight excluding hydrogens is 126 g/mol. The van der Waals surface area contributed by atoms with Crippen LogP contribution in [-0.4, -0.2) is 18.1 Å². The van der Waals surface area contributed by atoms with Crippen molar-refractivity contribution in [2.24, 2.45) is 0 Å². The van der Waals surface area contributed by atoms with Gasteiger partial charge in [-0.15, -0.1) is 0 Å². The second-order valence-electron chi connectivity index (χ2n) is 2.19. The van der Waals surface area contributed by atoms with E-state index in [2.05, 4.69) is 21.8 Å². The molecule has 1 radical (unpaired) electrons. The van der Waals surface area contributed by atoms with Crippen molar-refractivity contribution < 1.29 is 0 Å². The van der Waals surface area contributed by atoms with Crippen LogP contribution < -0.4 is 10.6 Å². The van der Waals surface area contributed by atoms with Crippen LogP contribution in [-0.2, 0) is 0 Å². The fourth-order valence-electron chi connectivity index (χ4n) is 1.02. The summed E-state index contributed by atoms with van der Waals surface area (Å²) in [6.07, 6.45) is 2.77. The standard InChI is InChI=1S/C7H8N3/c1-2-6-7(9-3-1)10-5-4-8-6/h1-2,8H,4-5H2,(H,9,10). The Labute approximate surface area is 59.5 Å². The van der Waals surface area contributed by atoms with E-state index in [4.69, 9.17) is 0 Å². The molecule has 3 heteroatoms. The zero-order chi connectivity index (χ0) is 6.81. The number of anilines is 2. The predicted octanol–water partition coefficient (Wildman–Crippen LogP) is 0.719. The number of aromatic nitrogens is 1. The molecule has 1 aliphatic rings. The minimum Gasteiger partial charge on any atom is -0.380 e. The van der Waals surface area contributed by atoms with E-state index in [0.29, 0.717) is 0 Å². The molecule has 2 heterocycles. The lowest BCUT2D eigenvalue weighted by atomic mass is 10.3. The zero-order valence-electron chi connectivity index (χ0n) is 5.52. The number of hydrogen-bond acceptors (Lipinski definition) is 3. The van der Waals surface area contributed by atoms with Crippen LogP contribution in [0.3, 0.4) is 0 Å². The first-order valence-electron chi connectivity index (χ1n) is 3.32. The molecule has 0 saturated carbocycles. The predicted molar refractivity (Wildman–Crippen MR) is 40.1 cm³/mol. The van der Waals surface area contributed by atoms with E-state index in [-0.39, 0.29) is 0 Å². The monoisotopic (exact) mass is 134 g/mol. The van der Waals surface area contributed by atoms with Crippen LogP contribution >= 0.6 is 0 Å². The van der Waals surface area contributed by atoms with Crippen molar-refractivity contribution in [1.82, 2.24) is 4.98 Å². The SMILES string of the molecule is [c]1ccc2c(n1)NCCN2. The first-order chi connectivity index (χ1) is 4.97. The van der Waals surface area contributed by atoms with Gasteiger partial charge < -0.3 is 10.6 Å². The topological polar surface area (TPSA) is 37.0 Å². The maximum Gasteiger partial charge on any atom is 0.150 e. The van der Waals surface area contributed by atoms with Gasteiger partial charge in [-0.2, -0.15) is 0 Å². The van der Waals surface area contributed by atoms with Crippen LogP contribution in [0.4, 0.5) is 11.5 Å². The van der Waals surface area contributed by atoms with Crippen LogP contribution in [0.15, 0.2) is 12.1 Å². The number of hydrogen-bond donors (Lipinski definition) is 2. The minimum atomic E-state index is 0.911. The highest BCUT2D eigenvalue weighted by Gasteiger charge is 2.05. The van der Waals surface area contributed by atoms with Gasteiger partial charge in [0.2, 0.25) is 0 Å². The Morgan fingerprint density at radius 1 is 1.40 bits per heavy atom. The third-order valence-corrected chi connectivity index (χ3v) is 1.49. The van der Waals surface area contributed by atoms with Gasteiger partial charge in [0.15, 0.2) is 0 Å². The van der Waals surface area contributed by atoms with E-state index in [1.807, 2.05) is 6.07 Å². The summed E-state index contributed by atoms with van der Waals surface area (Å²) in [4.78, 5) is 4.02. The van der Waals surface area contributed by atoms with Gasteiger partial charge in [-0.25, -0.2) is 4.98 Å². The number of pyridine rings is 1. The molecule has 0 amide bonds. The second-order valence-corrected chi connectivity index (χ2v) is 2.19. The molecule has 2 rings (SSSR count). The quantitative estimate of drug-likeness (QED) is 0.549.